The number of carbonyl (C=O) groups is 1. The van der Waals surface area contributed by atoms with Crippen LogP contribution in [-0.2, 0) is 9.53 Å². The van der Waals surface area contributed by atoms with E-state index in [1.807, 2.05) is 0 Å². The molecular formula is C18H29NO2. The van der Waals surface area contributed by atoms with Crippen LogP contribution in [0.1, 0.15) is 65.2 Å². The van der Waals surface area contributed by atoms with Crippen LogP contribution in [0.4, 0.5) is 0 Å². The molecule has 118 valence electrons. The zero-order chi connectivity index (χ0) is 14.8. The highest BCUT2D eigenvalue weighted by molar-refractivity contribution is 5.66. The Morgan fingerprint density at radius 3 is 2.90 bits per heavy atom. The molecule has 0 aromatic heterocycles. The fourth-order valence-electron chi connectivity index (χ4n) is 4.75. The largest absolute Gasteiger partial charge is 0.458 e. The van der Waals surface area contributed by atoms with Crippen LogP contribution in [0.5, 0.6) is 0 Å². The van der Waals surface area contributed by atoms with E-state index in [9.17, 15) is 4.79 Å². The van der Waals surface area contributed by atoms with Gasteiger partial charge in [0.25, 0.3) is 0 Å². The van der Waals surface area contributed by atoms with Crippen LogP contribution in [0.25, 0.3) is 0 Å². The summed E-state index contributed by atoms with van der Waals surface area (Å²) in [6.45, 7) is 6.36. The number of hydrogen-bond donors (Lipinski definition) is 0. The second-order valence-electron chi connectivity index (χ2n) is 7.03. The lowest BCUT2D eigenvalue weighted by molar-refractivity contribution is -0.145. The highest BCUT2D eigenvalue weighted by atomic mass is 16.5. The first-order valence-corrected chi connectivity index (χ1v) is 8.81. The summed E-state index contributed by atoms with van der Waals surface area (Å²) in [6, 6.07) is 0.758. The zero-order valence-corrected chi connectivity index (χ0v) is 13.6. The molecule has 3 atom stereocenters. The SMILES string of the molecule is CCCN1CCC[C@@H]2CC3=C(CCCC3OC(C)=O)C[C@H]21. The van der Waals surface area contributed by atoms with Crippen molar-refractivity contribution >= 4 is 5.97 Å². The fraction of sp³-hybridized carbons (Fsp3) is 0.833. The molecule has 0 aromatic carbocycles. The Morgan fingerprint density at radius 1 is 1.29 bits per heavy atom. The van der Waals surface area contributed by atoms with Gasteiger partial charge in [0.1, 0.15) is 6.10 Å². The van der Waals surface area contributed by atoms with Crippen molar-refractivity contribution in [2.45, 2.75) is 77.4 Å². The maximum Gasteiger partial charge on any atom is 0.303 e. The van der Waals surface area contributed by atoms with Crippen molar-refractivity contribution in [3.05, 3.63) is 11.1 Å². The molecule has 0 saturated carbocycles. The Kier molecular flexibility index (Phi) is 4.68. The smallest absolute Gasteiger partial charge is 0.303 e. The molecule has 2 aliphatic carbocycles. The monoisotopic (exact) mass is 291 g/mol. The normalized spacial score (nSPS) is 33.3. The number of rotatable bonds is 3. The maximum absolute atomic E-state index is 11.4. The minimum Gasteiger partial charge on any atom is -0.458 e. The van der Waals surface area contributed by atoms with Crippen LogP contribution < -0.4 is 0 Å². The molecule has 1 heterocycles. The number of likely N-dealkylation sites (tertiary alicyclic amines) is 1. The lowest BCUT2D eigenvalue weighted by Crippen LogP contribution is -2.48. The van der Waals surface area contributed by atoms with Crippen LogP contribution in [0.15, 0.2) is 11.1 Å². The van der Waals surface area contributed by atoms with E-state index in [-0.39, 0.29) is 12.1 Å². The fourth-order valence-corrected chi connectivity index (χ4v) is 4.75. The van der Waals surface area contributed by atoms with Gasteiger partial charge in [-0.05, 0) is 75.9 Å². The summed E-state index contributed by atoms with van der Waals surface area (Å²) in [5.41, 5.74) is 3.12. The van der Waals surface area contributed by atoms with E-state index in [4.69, 9.17) is 4.74 Å². The minimum absolute atomic E-state index is 0.0914. The average molecular weight is 291 g/mol. The summed E-state index contributed by atoms with van der Waals surface area (Å²) in [4.78, 5) is 14.1. The molecule has 0 radical (unpaired) electrons. The lowest BCUT2D eigenvalue weighted by Gasteiger charge is -2.47. The molecular weight excluding hydrogens is 262 g/mol. The third kappa shape index (κ3) is 3.18. The number of fused-ring (bicyclic) bond motifs is 1. The van der Waals surface area contributed by atoms with E-state index in [1.54, 1.807) is 12.5 Å². The molecule has 1 aliphatic heterocycles. The number of piperidine rings is 1. The second kappa shape index (κ2) is 6.51. The molecule has 0 amide bonds. The van der Waals surface area contributed by atoms with E-state index in [2.05, 4.69) is 11.8 Å². The van der Waals surface area contributed by atoms with Gasteiger partial charge in [-0.1, -0.05) is 12.5 Å². The molecule has 3 rings (SSSR count). The van der Waals surface area contributed by atoms with Gasteiger partial charge in [-0.25, -0.2) is 0 Å². The first kappa shape index (κ1) is 15.1. The van der Waals surface area contributed by atoms with Crippen LogP contribution >= 0.6 is 0 Å². The lowest BCUT2D eigenvalue weighted by atomic mass is 9.70. The third-order valence-corrected chi connectivity index (χ3v) is 5.58. The van der Waals surface area contributed by atoms with Gasteiger partial charge in [-0.2, -0.15) is 0 Å². The van der Waals surface area contributed by atoms with Crippen LogP contribution in [-0.4, -0.2) is 36.1 Å². The van der Waals surface area contributed by atoms with E-state index < -0.39 is 0 Å². The van der Waals surface area contributed by atoms with E-state index in [1.165, 1.54) is 63.6 Å². The van der Waals surface area contributed by atoms with Crippen molar-refractivity contribution in [1.82, 2.24) is 4.90 Å². The van der Waals surface area contributed by atoms with Gasteiger partial charge in [0.2, 0.25) is 0 Å². The highest BCUT2D eigenvalue weighted by Gasteiger charge is 2.39. The molecule has 0 aromatic rings. The topological polar surface area (TPSA) is 29.5 Å². The van der Waals surface area contributed by atoms with Crippen LogP contribution in [0.2, 0.25) is 0 Å². The quantitative estimate of drug-likeness (QED) is 0.587. The predicted molar refractivity (Wildman–Crippen MR) is 84.0 cm³/mol. The first-order chi connectivity index (χ1) is 10.2. The number of ether oxygens (including phenoxy) is 1. The summed E-state index contributed by atoms with van der Waals surface area (Å²) < 4.78 is 5.60. The Morgan fingerprint density at radius 2 is 2.14 bits per heavy atom. The molecule has 0 bridgehead atoms. The standard InChI is InChI=1S/C18H29NO2/c1-3-9-19-10-5-7-15-11-16-14(12-17(15)19)6-4-8-18(16)21-13(2)20/h15,17-18H,3-12H2,1-2H3/t15-,17-,18?/m1/s1. The Bertz CT molecular complexity index is 427. The summed E-state index contributed by atoms with van der Waals surface area (Å²) in [6.07, 6.45) is 9.90. The summed E-state index contributed by atoms with van der Waals surface area (Å²) in [7, 11) is 0. The molecule has 0 N–H and O–H groups in total. The highest BCUT2D eigenvalue weighted by Crippen LogP contribution is 2.44. The maximum atomic E-state index is 11.4. The number of esters is 1. The van der Waals surface area contributed by atoms with Gasteiger partial charge in [-0.15, -0.1) is 0 Å². The van der Waals surface area contributed by atoms with Gasteiger partial charge in [0, 0.05) is 13.0 Å². The molecule has 1 unspecified atom stereocenters. The van der Waals surface area contributed by atoms with Crippen molar-refractivity contribution < 1.29 is 9.53 Å². The van der Waals surface area contributed by atoms with Crippen molar-refractivity contribution in [1.29, 1.82) is 0 Å². The Balaban J connectivity index is 1.78. The van der Waals surface area contributed by atoms with Gasteiger partial charge < -0.3 is 4.74 Å². The van der Waals surface area contributed by atoms with Crippen molar-refractivity contribution in [2.75, 3.05) is 13.1 Å². The van der Waals surface area contributed by atoms with Crippen LogP contribution in [0, 0.1) is 5.92 Å². The zero-order valence-electron chi connectivity index (χ0n) is 13.6. The number of nitrogens with zero attached hydrogens (tertiary/aromatic N) is 1. The number of carbonyl (C=O) groups excluding carboxylic acids is 1. The van der Waals surface area contributed by atoms with Gasteiger partial charge in [0.05, 0.1) is 0 Å². The first-order valence-electron chi connectivity index (χ1n) is 8.81. The van der Waals surface area contributed by atoms with Crippen molar-refractivity contribution in [2.24, 2.45) is 5.92 Å². The minimum atomic E-state index is -0.118. The van der Waals surface area contributed by atoms with Gasteiger partial charge >= 0.3 is 5.97 Å². The van der Waals surface area contributed by atoms with E-state index >= 15 is 0 Å². The van der Waals surface area contributed by atoms with Gasteiger partial charge in [0.15, 0.2) is 0 Å². The third-order valence-electron chi connectivity index (χ3n) is 5.58. The molecule has 1 saturated heterocycles. The summed E-state index contributed by atoms with van der Waals surface area (Å²) >= 11 is 0. The summed E-state index contributed by atoms with van der Waals surface area (Å²) in [5, 5.41) is 0. The predicted octanol–water partition coefficient (Wildman–Crippen LogP) is 3.68. The second-order valence-corrected chi connectivity index (χ2v) is 7.03. The van der Waals surface area contributed by atoms with E-state index in [0.717, 1.165) is 18.4 Å². The molecule has 0 spiro atoms. The van der Waals surface area contributed by atoms with Gasteiger partial charge in [-0.3, -0.25) is 9.69 Å². The molecule has 3 heteroatoms. The number of hydrogen-bond acceptors (Lipinski definition) is 3. The summed E-state index contributed by atoms with van der Waals surface area (Å²) in [5.74, 6) is 0.673. The van der Waals surface area contributed by atoms with Crippen LogP contribution in [0.3, 0.4) is 0 Å². The Labute approximate surface area is 128 Å². The van der Waals surface area contributed by atoms with Crippen molar-refractivity contribution in [3.8, 4) is 0 Å². The van der Waals surface area contributed by atoms with E-state index in [0.29, 0.717) is 0 Å². The Hall–Kier alpha value is -0.830. The molecule has 3 aliphatic rings. The molecule has 1 fully saturated rings. The molecule has 3 nitrogen and oxygen atoms in total. The van der Waals surface area contributed by atoms with Crippen molar-refractivity contribution in [3.63, 3.8) is 0 Å². The average Bonchev–Trinajstić information content (AvgIpc) is 2.46. The molecule has 21 heavy (non-hydrogen) atoms.